The van der Waals surface area contributed by atoms with Crippen molar-refractivity contribution < 1.29 is 14.4 Å². The molecular weight excluding hydrogens is 476 g/mol. The van der Waals surface area contributed by atoms with Crippen molar-refractivity contribution in [2.75, 3.05) is 39.3 Å². The van der Waals surface area contributed by atoms with Gasteiger partial charge in [0.2, 0.25) is 11.8 Å². The molecule has 0 aromatic heterocycles. The van der Waals surface area contributed by atoms with E-state index in [1.807, 2.05) is 59.2 Å². The van der Waals surface area contributed by atoms with Gasteiger partial charge in [-0.15, -0.1) is 0 Å². The van der Waals surface area contributed by atoms with E-state index in [1.54, 1.807) is 4.90 Å². The van der Waals surface area contributed by atoms with Crippen LogP contribution in [0, 0.1) is 12.3 Å². The van der Waals surface area contributed by atoms with E-state index >= 15 is 0 Å². The van der Waals surface area contributed by atoms with Crippen LogP contribution in [-0.4, -0.2) is 83.8 Å². The molecule has 0 spiro atoms. The van der Waals surface area contributed by atoms with E-state index in [2.05, 4.69) is 38.2 Å². The summed E-state index contributed by atoms with van der Waals surface area (Å²) in [7, 11) is 0. The molecule has 0 aliphatic carbocycles. The van der Waals surface area contributed by atoms with E-state index in [0.717, 1.165) is 25.1 Å². The van der Waals surface area contributed by atoms with Crippen LogP contribution >= 0.6 is 0 Å². The van der Waals surface area contributed by atoms with Crippen molar-refractivity contribution in [1.82, 2.24) is 20.0 Å². The van der Waals surface area contributed by atoms with Gasteiger partial charge in [0.1, 0.15) is 6.04 Å². The topological polar surface area (TPSA) is 73.0 Å². The predicted octanol–water partition coefficient (Wildman–Crippen LogP) is 3.52. The average Bonchev–Trinajstić information content (AvgIpc) is 3.33. The van der Waals surface area contributed by atoms with Crippen LogP contribution in [0.15, 0.2) is 54.6 Å². The molecule has 1 N–H and O–H groups in total. The van der Waals surface area contributed by atoms with E-state index in [9.17, 15) is 14.4 Å². The van der Waals surface area contributed by atoms with Crippen LogP contribution in [0.2, 0.25) is 0 Å². The maximum Gasteiger partial charge on any atom is 0.254 e. The molecule has 2 aliphatic rings. The highest BCUT2D eigenvalue weighted by Crippen LogP contribution is 2.29. The molecule has 2 aromatic carbocycles. The minimum absolute atomic E-state index is 0.0132. The lowest BCUT2D eigenvalue weighted by Gasteiger charge is -2.32. The fourth-order valence-corrected chi connectivity index (χ4v) is 5.42. The minimum Gasteiger partial charge on any atom is -0.338 e. The molecule has 2 atom stereocenters. The van der Waals surface area contributed by atoms with Gasteiger partial charge in [-0.1, -0.05) is 68.8 Å². The maximum atomic E-state index is 13.7. The van der Waals surface area contributed by atoms with Gasteiger partial charge in [-0.05, 0) is 42.9 Å². The Balaban J connectivity index is 1.61. The van der Waals surface area contributed by atoms with Crippen LogP contribution in [0.4, 0.5) is 0 Å². The zero-order valence-corrected chi connectivity index (χ0v) is 23.3. The molecule has 0 bridgehead atoms. The second-order valence-electron chi connectivity index (χ2n) is 11.9. The number of hydrogen-bond donors (Lipinski definition) is 1. The van der Waals surface area contributed by atoms with E-state index < -0.39 is 6.04 Å². The number of hydrogen-bond acceptors (Lipinski definition) is 4. The van der Waals surface area contributed by atoms with Gasteiger partial charge in [0.15, 0.2) is 0 Å². The Kier molecular flexibility index (Phi) is 8.87. The lowest BCUT2D eigenvalue weighted by Crippen LogP contribution is -2.53. The van der Waals surface area contributed by atoms with Crippen molar-refractivity contribution in [3.63, 3.8) is 0 Å². The Hall–Kier alpha value is -3.19. The van der Waals surface area contributed by atoms with Crippen molar-refractivity contribution in [3.8, 4) is 0 Å². The summed E-state index contributed by atoms with van der Waals surface area (Å²) in [5.74, 6) is -0.0792. The van der Waals surface area contributed by atoms with Crippen molar-refractivity contribution in [2.24, 2.45) is 5.41 Å². The average molecular weight is 519 g/mol. The highest BCUT2D eigenvalue weighted by Gasteiger charge is 2.44. The number of nitrogens with zero attached hydrogens (tertiary/aromatic N) is 3. The lowest BCUT2D eigenvalue weighted by atomic mass is 9.91. The van der Waals surface area contributed by atoms with Crippen LogP contribution in [0.3, 0.4) is 0 Å². The van der Waals surface area contributed by atoms with Gasteiger partial charge in [-0.25, -0.2) is 0 Å². The molecule has 7 heteroatoms. The van der Waals surface area contributed by atoms with Crippen LogP contribution in [0.25, 0.3) is 0 Å². The normalized spacial score (nSPS) is 19.9. The van der Waals surface area contributed by atoms with Crippen LogP contribution in [-0.2, 0) is 16.0 Å². The second kappa shape index (κ2) is 12.1. The molecule has 3 amide bonds. The molecule has 0 radical (unpaired) electrons. The van der Waals surface area contributed by atoms with Crippen LogP contribution in [0.1, 0.15) is 55.1 Å². The number of nitrogens with one attached hydrogen (secondary N) is 1. The summed E-state index contributed by atoms with van der Waals surface area (Å²) in [6.45, 7) is 11.9. The van der Waals surface area contributed by atoms with Crippen molar-refractivity contribution in [1.29, 1.82) is 0 Å². The Morgan fingerprint density at radius 2 is 1.63 bits per heavy atom. The maximum absolute atomic E-state index is 13.7. The minimum atomic E-state index is -0.575. The molecule has 2 heterocycles. The summed E-state index contributed by atoms with van der Waals surface area (Å²) < 4.78 is 0. The third-order valence-corrected chi connectivity index (χ3v) is 7.48. The Morgan fingerprint density at radius 3 is 2.26 bits per heavy atom. The molecule has 2 aromatic rings. The van der Waals surface area contributed by atoms with Crippen molar-refractivity contribution in [2.45, 2.75) is 59.0 Å². The first kappa shape index (κ1) is 27.8. The third-order valence-electron chi connectivity index (χ3n) is 7.48. The molecule has 7 nitrogen and oxygen atoms in total. The molecule has 4 rings (SSSR count). The number of amides is 3. The summed E-state index contributed by atoms with van der Waals surface area (Å²) in [5.41, 5.74) is 2.66. The summed E-state index contributed by atoms with van der Waals surface area (Å²) in [6.07, 6.45) is 1.61. The first-order chi connectivity index (χ1) is 18.1. The fourth-order valence-electron chi connectivity index (χ4n) is 5.42. The van der Waals surface area contributed by atoms with Gasteiger partial charge in [-0.2, -0.15) is 0 Å². The van der Waals surface area contributed by atoms with Gasteiger partial charge in [0.05, 0.1) is 6.04 Å². The van der Waals surface area contributed by atoms with E-state index in [0.29, 0.717) is 44.6 Å². The van der Waals surface area contributed by atoms with E-state index in [1.165, 1.54) is 5.56 Å². The molecule has 2 fully saturated rings. The third kappa shape index (κ3) is 7.01. The highest BCUT2D eigenvalue weighted by molar-refractivity contribution is 5.98. The SMILES string of the molecule is Cc1ccc(C(=O)N2CC(N(CCc3ccccc3)C(=O)CC(C)(C)C)CC2C(=O)N2CCNCC2)cc1. The highest BCUT2D eigenvalue weighted by atomic mass is 16.2. The monoisotopic (exact) mass is 518 g/mol. The Morgan fingerprint density at radius 1 is 0.974 bits per heavy atom. The molecule has 2 aliphatic heterocycles. The second-order valence-corrected chi connectivity index (χ2v) is 11.9. The van der Waals surface area contributed by atoms with Gasteiger partial charge >= 0.3 is 0 Å². The predicted molar refractivity (Wildman–Crippen MR) is 150 cm³/mol. The Bertz CT molecular complexity index is 1100. The first-order valence-electron chi connectivity index (χ1n) is 13.8. The van der Waals surface area contributed by atoms with E-state index in [4.69, 9.17) is 0 Å². The zero-order chi connectivity index (χ0) is 27.3. The molecule has 2 unspecified atom stereocenters. The first-order valence-corrected chi connectivity index (χ1v) is 13.8. The summed E-state index contributed by atoms with van der Waals surface area (Å²) >= 11 is 0. The van der Waals surface area contributed by atoms with Crippen molar-refractivity contribution >= 4 is 17.7 Å². The van der Waals surface area contributed by atoms with Crippen LogP contribution < -0.4 is 5.32 Å². The summed E-state index contributed by atoms with van der Waals surface area (Å²) in [5, 5.41) is 3.29. The lowest BCUT2D eigenvalue weighted by molar-refractivity contribution is -0.137. The van der Waals surface area contributed by atoms with Gasteiger partial charge in [0.25, 0.3) is 5.91 Å². The number of benzene rings is 2. The molecule has 38 heavy (non-hydrogen) atoms. The number of aryl methyl sites for hydroxylation is 1. The van der Waals surface area contributed by atoms with Gasteiger partial charge in [-0.3, -0.25) is 14.4 Å². The molecule has 0 saturated carbocycles. The number of likely N-dealkylation sites (tertiary alicyclic amines) is 1. The smallest absolute Gasteiger partial charge is 0.254 e. The van der Waals surface area contributed by atoms with Gasteiger partial charge in [0, 0.05) is 51.3 Å². The summed E-state index contributed by atoms with van der Waals surface area (Å²) in [4.78, 5) is 46.7. The number of rotatable bonds is 7. The molecular formula is C31H42N4O3. The molecule has 2 saturated heterocycles. The molecule has 204 valence electrons. The Labute approximate surface area is 227 Å². The standard InChI is InChI=1S/C31H42N4O3/c1-23-10-12-25(13-11-23)29(37)35-22-26(20-27(35)30(38)33-18-15-32-16-19-33)34(28(36)21-31(2,3)4)17-14-24-8-6-5-7-9-24/h5-13,26-27,32H,14-22H2,1-4H3. The number of carbonyl (C=O) groups excluding carboxylic acids is 3. The van der Waals surface area contributed by atoms with Gasteiger partial charge < -0.3 is 20.0 Å². The quantitative estimate of drug-likeness (QED) is 0.609. The largest absolute Gasteiger partial charge is 0.338 e. The zero-order valence-electron chi connectivity index (χ0n) is 23.3. The van der Waals surface area contributed by atoms with Crippen molar-refractivity contribution in [3.05, 3.63) is 71.3 Å². The van der Waals surface area contributed by atoms with Crippen LogP contribution in [0.5, 0.6) is 0 Å². The van der Waals surface area contributed by atoms with E-state index in [-0.39, 0.29) is 29.2 Å². The number of carbonyl (C=O) groups is 3. The number of piperazine rings is 1. The summed E-state index contributed by atoms with van der Waals surface area (Å²) in [6, 6.07) is 16.9. The fraction of sp³-hybridized carbons (Fsp3) is 0.516.